The van der Waals surface area contributed by atoms with Gasteiger partial charge < -0.3 is 4.57 Å². The lowest BCUT2D eigenvalue weighted by molar-refractivity contribution is 0.101. The highest BCUT2D eigenvalue weighted by molar-refractivity contribution is 7.99. The summed E-state index contributed by atoms with van der Waals surface area (Å²) in [7, 11) is 1.86. The lowest BCUT2D eigenvalue weighted by atomic mass is 10.2. The van der Waals surface area contributed by atoms with Gasteiger partial charge >= 0.3 is 0 Å². The maximum absolute atomic E-state index is 12.5. The predicted octanol–water partition coefficient (Wildman–Crippen LogP) is 4.90. The number of thioether (sulfide) groups is 1. The fourth-order valence-corrected chi connectivity index (χ4v) is 3.87. The van der Waals surface area contributed by atoms with Crippen LogP contribution in [-0.2, 0) is 7.05 Å². The largest absolute Gasteiger partial charge is 0.348 e. The SMILES string of the molecule is Cn1cccc1C(=O)CSc1nnc(-c2ccc(Cl)cc2)n1-c1ccccc1. The van der Waals surface area contributed by atoms with Gasteiger partial charge in [0.2, 0.25) is 0 Å². The van der Waals surface area contributed by atoms with Crippen molar-refractivity contribution in [2.24, 2.45) is 7.05 Å². The number of rotatable bonds is 6. The molecule has 0 N–H and O–H groups in total. The van der Waals surface area contributed by atoms with Crippen LogP contribution >= 0.6 is 23.4 Å². The monoisotopic (exact) mass is 408 g/mol. The van der Waals surface area contributed by atoms with Crippen molar-refractivity contribution in [2.75, 3.05) is 5.75 Å². The van der Waals surface area contributed by atoms with Crippen molar-refractivity contribution in [3.8, 4) is 17.1 Å². The first-order valence-electron chi connectivity index (χ1n) is 8.67. The number of ketones is 1. The first-order chi connectivity index (χ1) is 13.6. The van der Waals surface area contributed by atoms with Gasteiger partial charge in [0.15, 0.2) is 16.8 Å². The summed E-state index contributed by atoms with van der Waals surface area (Å²) < 4.78 is 3.79. The molecule has 0 aliphatic heterocycles. The van der Waals surface area contributed by atoms with E-state index < -0.39 is 0 Å². The quantitative estimate of drug-likeness (QED) is 0.336. The van der Waals surface area contributed by atoms with E-state index in [0.29, 0.717) is 21.7 Å². The van der Waals surface area contributed by atoms with E-state index in [0.717, 1.165) is 11.3 Å². The minimum absolute atomic E-state index is 0.0492. The summed E-state index contributed by atoms with van der Waals surface area (Å²) in [4.78, 5) is 12.5. The van der Waals surface area contributed by atoms with Gasteiger partial charge in [-0.1, -0.05) is 41.6 Å². The summed E-state index contributed by atoms with van der Waals surface area (Å²) in [6.45, 7) is 0. The first-order valence-corrected chi connectivity index (χ1v) is 10.0. The Kier molecular flexibility index (Phi) is 5.32. The summed E-state index contributed by atoms with van der Waals surface area (Å²) in [5.41, 5.74) is 2.52. The van der Waals surface area contributed by atoms with Crippen molar-refractivity contribution in [3.63, 3.8) is 0 Å². The third-order valence-electron chi connectivity index (χ3n) is 4.31. The molecule has 0 unspecified atom stereocenters. The fourth-order valence-electron chi connectivity index (χ4n) is 2.91. The number of nitrogens with zero attached hydrogens (tertiary/aromatic N) is 4. The molecule has 0 radical (unpaired) electrons. The number of carbonyl (C=O) groups is 1. The molecule has 0 aliphatic rings. The van der Waals surface area contributed by atoms with Crippen LogP contribution in [0, 0.1) is 0 Å². The Hall–Kier alpha value is -2.83. The Bertz CT molecular complexity index is 1100. The van der Waals surface area contributed by atoms with E-state index in [2.05, 4.69) is 10.2 Å². The molecule has 0 saturated heterocycles. The molecule has 5 nitrogen and oxygen atoms in total. The van der Waals surface area contributed by atoms with Crippen molar-refractivity contribution < 1.29 is 4.79 Å². The molecule has 4 aromatic rings. The van der Waals surface area contributed by atoms with Crippen LogP contribution in [-0.4, -0.2) is 30.9 Å². The van der Waals surface area contributed by atoms with E-state index in [-0.39, 0.29) is 11.5 Å². The van der Waals surface area contributed by atoms with Crippen molar-refractivity contribution in [1.82, 2.24) is 19.3 Å². The molecule has 0 bridgehead atoms. The molecule has 2 aromatic carbocycles. The lowest BCUT2D eigenvalue weighted by Crippen LogP contribution is -2.08. The average molecular weight is 409 g/mol. The number of Topliss-reactive ketones (excluding diaryl/α,β-unsaturated/α-hetero) is 1. The second-order valence-corrected chi connectivity index (χ2v) is 7.58. The molecular weight excluding hydrogens is 392 g/mol. The van der Waals surface area contributed by atoms with Crippen molar-refractivity contribution >= 4 is 29.1 Å². The van der Waals surface area contributed by atoms with Gasteiger partial charge in [0.05, 0.1) is 11.4 Å². The maximum Gasteiger partial charge on any atom is 0.196 e. The summed E-state index contributed by atoms with van der Waals surface area (Å²) in [5, 5.41) is 10.1. The molecule has 28 heavy (non-hydrogen) atoms. The number of aryl methyl sites for hydroxylation is 1. The van der Waals surface area contributed by atoms with Crippen molar-refractivity contribution in [3.05, 3.63) is 83.6 Å². The summed E-state index contributed by atoms with van der Waals surface area (Å²) >= 11 is 7.40. The zero-order valence-corrected chi connectivity index (χ0v) is 16.7. The first kappa shape index (κ1) is 18.5. The zero-order valence-electron chi connectivity index (χ0n) is 15.1. The van der Waals surface area contributed by atoms with E-state index in [1.807, 2.05) is 89.1 Å². The van der Waals surface area contributed by atoms with Gasteiger partial charge in [-0.2, -0.15) is 0 Å². The number of para-hydroxylation sites is 1. The van der Waals surface area contributed by atoms with Gasteiger partial charge in [-0.3, -0.25) is 9.36 Å². The molecule has 140 valence electrons. The number of halogens is 1. The van der Waals surface area contributed by atoms with Crippen LogP contribution in [0.2, 0.25) is 5.02 Å². The predicted molar refractivity (Wildman–Crippen MR) is 112 cm³/mol. The molecule has 0 saturated carbocycles. The smallest absolute Gasteiger partial charge is 0.196 e. The van der Waals surface area contributed by atoms with Crippen molar-refractivity contribution in [1.29, 1.82) is 0 Å². The summed E-state index contributed by atoms with van der Waals surface area (Å²) in [5.74, 6) is 1.04. The second kappa shape index (κ2) is 8.04. The van der Waals surface area contributed by atoms with Gasteiger partial charge in [-0.05, 0) is 48.5 Å². The number of benzene rings is 2. The van der Waals surface area contributed by atoms with Gasteiger partial charge in [-0.15, -0.1) is 10.2 Å². The Labute approximate surface area is 172 Å². The normalized spacial score (nSPS) is 10.9. The van der Waals surface area contributed by atoms with Gasteiger partial charge in [0.1, 0.15) is 0 Å². The summed E-state index contributed by atoms with van der Waals surface area (Å²) in [6.07, 6.45) is 1.86. The highest BCUT2D eigenvalue weighted by atomic mass is 35.5. The lowest BCUT2D eigenvalue weighted by Gasteiger charge is -2.10. The fraction of sp³-hybridized carbons (Fsp3) is 0.0952. The molecule has 0 aliphatic carbocycles. The van der Waals surface area contributed by atoms with Crippen LogP contribution in [0.4, 0.5) is 0 Å². The number of aromatic nitrogens is 4. The van der Waals surface area contributed by atoms with Crippen LogP contribution in [0.5, 0.6) is 0 Å². The van der Waals surface area contributed by atoms with Crippen LogP contribution in [0.15, 0.2) is 78.1 Å². The van der Waals surface area contributed by atoms with E-state index in [4.69, 9.17) is 11.6 Å². The third-order valence-corrected chi connectivity index (χ3v) is 5.49. The van der Waals surface area contributed by atoms with E-state index in [1.54, 1.807) is 0 Å². The Morgan fingerprint density at radius 1 is 1.00 bits per heavy atom. The average Bonchev–Trinajstić information content (AvgIpc) is 3.33. The molecular formula is C21H17ClN4OS. The molecule has 2 heterocycles. The Balaban J connectivity index is 1.68. The second-order valence-electron chi connectivity index (χ2n) is 6.20. The number of hydrogen-bond acceptors (Lipinski definition) is 4. The van der Waals surface area contributed by atoms with Crippen LogP contribution < -0.4 is 0 Å². The molecule has 4 rings (SSSR count). The molecule has 0 spiro atoms. The number of carbonyl (C=O) groups excluding carboxylic acids is 1. The highest BCUT2D eigenvalue weighted by Crippen LogP contribution is 2.29. The Morgan fingerprint density at radius 2 is 1.75 bits per heavy atom. The van der Waals surface area contributed by atoms with Gasteiger partial charge in [-0.25, -0.2) is 0 Å². The maximum atomic E-state index is 12.5. The van der Waals surface area contributed by atoms with Gasteiger partial charge in [0.25, 0.3) is 0 Å². The molecule has 2 aromatic heterocycles. The van der Waals surface area contributed by atoms with E-state index >= 15 is 0 Å². The molecule has 7 heteroatoms. The highest BCUT2D eigenvalue weighted by Gasteiger charge is 2.18. The standard InChI is InChI=1S/C21H17ClN4OS/c1-25-13-5-8-18(25)19(27)14-28-21-24-23-20(15-9-11-16(22)12-10-15)26(21)17-6-3-2-4-7-17/h2-13H,14H2,1H3. The zero-order chi connectivity index (χ0) is 19.5. The summed E-state index contributed by atoms with van der Waals surface area (Å²) in [6, 6.07) is 21.0. The van der Waals surface area contributed by atoms with Crippen LogP contribution in [0.25, 0.3) is 17.1 Å². The molecule has 0 atom stereocenters. The van der Waals surface area contributed by atoms with Crippen molar-refractivity contribution in [2.45, 2.75) is 5.16 Å². The minimum atomic E-state index is 0.0492. The Morgan fingerprint density at radius 3 is 2.43 bits per heavy atom. The van der Waals surface area contributed by atoms with Crippen LogP contribution in [0.1, 0.15) is 10.5 Å². The molecule has 0 fully saturated rings. The van der Waals surface area contributed by atoms with E-state index in [9.17, 15) is 4.79 Å². The topological polar surface area (TPSA) is 52.7 Å². The minimum Gasteiger partial charge on any atom is -0.348 e. The third kappa shape index (κ3) is 3.74. The van der Waals surface area contributed by atoms with Gasteiger partial charge in [0, 0.05) is 29.5 Å². The molecule has 0 amide bonds. The van der Waals surface area contributed by atoms with Crippen LogP contribution in [0.3, 0.4) is 0 Å². The number of hydrogen-bond donors (Lipinski definition) is 0. The van der Waals surface area contributed by atoms with E-state index in [1.165, 1.54) is 11.8 Å².